The molecule has 1 saturated heterocycles. The third kappa shape index (κ3) is 4.05. The van der Waals surface area contributed by atoms with E-state index in [1.165, 1.54) is 0 Å². The van der Waals surface area contributed by atoms with E-state index in [4.69, 9.17) is 4.11 Å². The number of sulfone groups is 1. The summed E-state index contributed by atoms with van der Waals surface area (Å²) in [4.78, 5) is 5.49. The third-order valence-electron chi connectivity index (χ3n) is 9.32. The van der Waals surface area contributed by atoms with E-state index in [9.17, 15) is 8.42 Å². The van der Waals surface area contributed by atoms with Gasteiger partial charge in [-0.25, -0.2) is 8.42 Å². The molecule has 0 saturated carbocycles. The summed E-state index contributed by atoms with van der Waals surface area (Å²) in [6.45, 7) is 15.0. The summed E-state index contributed by atoms with van der Waals surface area (Å²) in [6.07, 6.45) is 3.22. The van der Waals surface area contributed by atoms with Crippen LogP contribution in [0, 0.1) is 26.2 Å². The summed E-state index contributed by atoms with van der Waals surface area (Å²) in [5.74, 6) is 0.0303. The van der Waals surface area contributed by atoms with Crippen LogP contribution in [0.4, 0.5) is 0 Å². The number of hydrogen-bond acceptors (Lipinski definition) is 3. The molecule has 2 aromatic carbocycles. The lowest BCUT2D eigenvalue weighted by Crippen LogP contribution is -2.59. The molecular formula is C30H42N2O2S. The van der Waals surface area contributed by atoms with Crippen LogP contribution in [0.3, 0.4) is 0 Å². The van der Waals surface area contributed by atoms with Crippen LogP contribution in [0.5, 0.6) is 0 Å². The van der Waals surface area contributed by atoms with Gasteiger partial charge < -0.3 is 4.98 Å². The molecule has 0 spiro atoms. The molecule has 1 atom stereocenters. The van der Waals surface area contributed by atoms with E-state index in [1.54, 1.807) is 17.0 Å². The Morgan fingerprint density at radius 1 is 1.06 bits per heavy atom. The quantitative estimate of drug-likeness (QED) is 0.422. The van der Waals surface area contributed by atoms with Gasteiger partial charge in [0.2, 0.25) is 0 Å². The molecule has 4 nitrogen and oxygen atoms in total. The van der Waals surface area contributed by atoms with Crippen LogP contribution in [0.2, 0.25) is 0 Å². The second kappa shape index (κ2) is 8.48. The normalized spacial score (nSPS) is 22.8. The number of likely N-dealkylation sites (tertiary alicyclic amines) is 1. The second-order valence-corrected chi connectivity index (χ2v) is 13.9. The average molecular weight is 498 g/mol. The highest BCUT2D eigenvalue weighted by Gasteiger charge is 2.58. The number of likely N-dealkylation sites (N-methyl/N-ethyl adjacent to an activating group) is 1. The van der Waals surface area contributed by atoms with E-state index in [1.807, 2.05) is 33.0 Å². The van der Waals surface area contributed by atoms with Gasteiger partial charge in [0, 0.05) is 32.2 Å². The second-order valence-electron chi connectivity index (χ2n) is 11.8. The number of rotatable bonds is 6. The maximum atomic E-state index is 13.2. The smallest absolute Gasteiger partial charge is 0.178 e. The van der Waals surface area contributed by atoms with Crippen molar-refractivity contribution in [2.75, 3.05) is 19.3 Å². The molecule has 190 valence electrons. The maximum Gasteiger partial charge on any atom is 0.178 e. The van der Waals surface area contributed by atoms with Gasteiger partial charge in [0.05, 0.1) is 10.6 Å². The van der Waals surface area contributed by atoms with Crippen molar-refractivity contribution in [1.29, 1.82) is 0 Å². The zero-order valence-electron chi connectivity index (χ0n) is 25.5. The first-order chi connectivity index (χ1) is 17.3. The van der Waals surface area contributed by atoms with Crippen LogP contribution >= 0.6 is 0 Å². The number of aryl methyl sites for hydroxylation is 4. The van der Waals surface area contributed by atoms with Gasteiger partial charge in [0.15, 0.2) is 9.84 Å². The number of aromatic nitrogens is 1. The lowest BCUT2D eigenvalue weighted by atomic mass is 9.57. The molecule has 1 aliphatic heterocycles. The minimum Gasteiger partial charge on any atom is -0.361 e. The minimum absolute atomic E-state index is 0.0303. The highest BCUT2D eigenvalue weighted by molar-refractivity contribution is 7.91. The number of benzene rings is 2. The number of aromatic amines is 1. The van der Waals surface area contributed by atoms with Crippen molar-refractivity contribution < 1.29 is 12.5 Å². The molecule has 0 aliphatic carbocycles. The first-order valence-corrected chi connectivity index (χ1v) is 14.2. The zero-order valence-corrected chi connectivity index (χ0v) is 23.3. The van der Waals surface area contributed by atoms with Gasteiger partial charge in [-0.3, -0.25) is 4.90 Å². The summed E-state index contributed by atoms with van der Waals surface area (Å²) >= 11 is 0. The highest BCUT2D eigenvalue weighted by Crippen LogP contribution is 2.55. The summed E-state index contributed by atoms with van der Waals surface area (Å²) < 4.78 is 51.2. The van der Waals surface area contributed by atoms with Crippen molar-refractivity contribution in [2.24, 2.45) is 5.41 Å². The van der Waals surface area contributed by atoms with E-state index in [-0.39, 0.29) is 11.2 Å². The maximum absolute atomic E-state index is 13.2. The number of nitrogens with zero attached hydrogens (tertiary/aromatic N) is 1. The zero-order chi connectivity index (χ0) is 28.5. The van der Waals surface area contributed by atoms with Gasteiger partial charge in [-0.1, -0.05) is 33.8 Å². The van der Waals surface area contributed by atoms with E-state index < -0.39 is 27.8 Å². The molecule has 1 N–H and O–H groups in total. The van der Waals surface area contributed by atoms with Crippen LogP contribution in [0.15, 0.2) is 41.4 Å². The molecular weight excluding hydrogens is 452 g/mol. The topological polar surface area (TPSA) is 53.2 Å². The molecule has 1 aromatic heterocycles. The van der Waals surface area contributed by atoms with Crippen molar-refractivity contribution in [2.45, 2.75) is 84.1 Å². The Balaban J connectivity index is 1.74. The molecule has 5 heteroatoms. The van der Waals surface area contributed by atoms with Gasteiger partial charge in [0.25, 0.3) is 0 Å². The van der Waals surface area contributed by atoms with Crippen molar-refractivity contribution in [3.63, 3.8) is 0 Å². The number of hydrogen-bond donors (Lipinski definition) is 1. The number of fused-ring (bicyclic) bond motifs is 1. The predicted molar refractivity (Wildman–Crippen MR) is 147 cm³/mol. The Bertz CT molecular complexity index is 1490. The lowest BCUT2D eigenvalue weighted by Gasteiger charge is -2.53. The third-order valence-corrected chi connectivity index (χ3v) is 11.0. The van der Waals surface area contributed by atoms with E-state index >= 15 is 0 Å². The summed E-state index contributed by atoms with van der Waals surface area (Å²) in [5.41, 5.74) is 4.71. The van der Waals surface area contributed by atoms with Gasteiger partial charge in [-0.2, -0.15) is 0 Å². The van der Waals surface area contributed by atoms with Gasteiger partial charge in [-0.05, 0) is 112 Å². The van der Waals surface area contributed by atoms with Gasteiger partial charge >= 0.3 is 0 Å². The lowest BCUT2D eigenvalue weighted by molar-refractivity contribution is 0.0234. The molecule has 0 bridgehead atoms. The van der Waals surface area contributed by atoms with E-state index in [0.29, 0.717) is 17.9 Å². The van der Waals surface area contributed by atoms with Crippen molar-refractivity contribution in [3.05, 3.63) is 64.3 Å². The molecule has 0 unspecified atom stereocenters. The van der Waals surface area contributed by atoms with Crippen molar-refractivity contribution in [1.82, 2.24) is 9.88 Å². The summed E-state index contributed by atoms with van der Waals surface area (Å²) in [5, 5.41) is 1.02. The molecule has 4 rings (SSSR count). The van der Waals surface area contributed by atoms with E-state index in [2.05, 4.69) is 51.7 Å². The average Bonchev–Trinajstić information content (AvgIpc) is 3.32. The highest BCUT2D eigenvalue weighted by atomic mass is 32.2. The Labute approximate surface area is 216 Å². The van der Waals surface area contributed by atoms with Crippen LogP contribution in [-0.2, 0) is 21.7 Å². The summed E-state index contributed by atoms with van der Waals surface area (Å²) in [6, 6.07) is 9.51. The molecule has 1 fully saturated rings. The van der Waals surface area contributed by atoms with Crippen molar-refractivity contribution >= 4 is 20.7 Å². The molecule has 0 amide bonds. The number of H-pyrrole nitrogens is 1. The van der Waals surface area contributed by atoms with E-state index in [0.717, 1.165) is 45.1 Å². The van der Waals surface area contributed by atoms with Crippen LogP contribution < -0.4 is 0 Å². The van der Waals surface area contributed by atoms with Gasteiger partial charge in [-0.15, -0.1) is 0 Å². The monoisotopic (exact) mass is 497 g/mol. The summed E-state index contributed by atoms with van der Waals surface area (Å²) in [7, 11) is -3.43. The van der Waals surface area contributed by atoms with Gasteiger partial charge in [0.1, 0.15) is 0 Å². The molecule has 0 radical (unpaired) electrons. The fourth-order valence-electron chi connectivity index (χ4n) is 6.05. The van der Waals surface area contributed by atoms with Crippen LogP contribution in [-0.4, -0.2) is 43.1 Å². The fraction of sp³-hybridized carbons (Fsp3) is 0.533. The van der Waals surface area contributed by atoms with Crippen molar-refractivity contribution in [3.8, 4) is 0 Å². The Kier molecular flexibility index (Phi) is 5.36. The largest absolute Gasteiger partial charge is 0.361 e. The Morgan fingerprint density at radius 3 is 2.43 bits per heavy atom. The number of nitrogens with one attached hydrogen (secondary N) is 1. The first-order valence-electron chi connectivity index (χ1n) is 14.0. The van der Waals surface area contributed by atoms with Crippen LogP contribution in [0.1, 0.15) is 73.0 Å². The Morgan fingerprint density at radius 2 is 1.77 bits per heavy atom. The standard InChI is InChI=1S/C30H42N2O2S/c1-20-10-11-24(16-21(20)2)35(33,34)15-12-23-18-25-26(19-31-27(25)17-22(23)3)29(6,7)30(8)28(4,5)13-14-32(30)9/h10-11,16-19,31H,12-15H2,1-9H3/t30-/m1/s1/i9D3. The minimum atomic E-state index is -3.43. The fourth-order valence-corrected chi connectivity index (χ4v) is 7.40. The SMILES string of the molecule is [2H]C([2H])([2H])N1CCC(C)(C)[C@]1(C)C(C)(C)c1c[nH]c2cc(C)c(CCS(=O)(=O)c3ccc(C)c(C)c3)cc12. The molecule has 35 heavy (non-hydrogen) atoms. The molecule has 2 heterocycles. The Hall–Kier alpha value is -2.11. The molecule has 1 aliphatic rings. The first kappa shape index (κ1) is 22.1. The molecule has 3 aromatic rings. The predicted octanol–water partition coefficient (Wildman–Crippen LogP) is 6.51. The van der Waals surface area contributed by atoms with Crippen LogP contribution in [0.25, 0.3) is 10.9 Å².